The maximum atomic E-state index is 14.0. The van der Waals surface area contributed by atoms with Crippen molar-refractivity contribution in [1.29, 1.82) is 0 Å². The highest BCUT2D eigenvalue weighted by Gasteiger charge is 2.23. The molecule has 9 heteroatoms. The standard InChI is InChI=1S/C15H15F3N4O2/c1-22(2)15-19-5-4-8(21-15)7-20-14(23)9-6-10(16)12(18)13(24-3)11(9)17/h4-6H,7H2,1-3H3,(H,20,23). The molecule has 1 amide bonds. The van der Waals surface area contributed by atoms with E-state index in [-0.39, 0.29) is 6.54 Å². The molecule has 24 heavy (non-hydrogen) atoms. The number of halogens is 3. The van der Waals surface area contributed by atoms with E-state index in [4.69, 9.17) is 0 Å². The Morgan fingerprint density at radius 1 is 1.29 bits per heavy atom. The summed E-state index contributed by atoms with van der Waals surface area (Å²) in [7, 11) is 4.48. The van der Waals surface area contributed by atoms with Crippen LogP contribution in [-0.2, 0) is 6.54 Å². The first-order chi connectivity index (χ1) is 11.3. The molecular weight excluding hydrogens is 325 g/mol. The number of carbonyl (C=O) groups is 1. The van der Waals surface area contributed by atoms with Crippen LogP contribution in [0.2, 0.25) is 0 Å². The second-order valence-corrected chi connectivity index (χ2v) is 4.99. The van der Waals surface area contributed by atoms with Crippen molar-refractivity contribution >= 4 is 11.9 Å². The zero-order valence-corrected chi connectivity index (χ0v) is 13.2. The number of rotatable bonds is 5. The molecule has 0 atom stereocenters. The van der Waals surface area contributed by atoms with E-state index >= 15 is 0 Å². The fourth-order valence-corrected chi connectivity index (χ4v) is 1.89. The number of amides is 1. The van der Waals surface area contributed by atoms with Crippen molar-refractivity contribution in [3.8, 4) is 5.75 Å². The van der Waals surface area contributed by atoms with E-state index < -0.39 is 34.7 Å². The van der Waals surface area contributed by atoms with Crippen molar-refractivity contribution in [2.75, 3.05) is 26.1 Å². The van der Waals surface area contributed by atoms with Crippen LogP contribution in [0.1, 0.15) is 16.1 Å². The minimum atomic E-state index is -1.49. The van der Waals surface area contributed by atoms with E-state index in [9.17, 15) is 18.0 Å². The quantitative estimate of drug-likeness (QED) is 0.842. The Labute approximate surface area is 136 Å². The number of aromatic nitrogens is 2. The highest BCUT2D eigenvalue weighted by Crippen LogP contribution is 2.26. The third-order valence-electron chi connectivity index (χ3n) is 3.10. The van der Waals surface area contributed by atoms with Crippen molar-refractivity contribution < 1.29 is 22.7 Å². The van der Waals surface area contributed by atoms with Gasteiger partial charge in [-0.25, -0.2) is 18.7 Å². The number of benzene rings is 1. The number of ether oxygens (including phenoxy) is 1. The molecule has 2 aromatic rings. The van der Waals surface area contributed by atoms with Crippen LogP contribution < -0.4 is 15.0 Å². The van der Waals surface area contributed by atoms with Crippen LogP contribution in [-0.4, -0.2) is 37.1 Å². The van der Waals surface area contributed by atoms with Crippen LogP contribution in [0.5, 0.6) is 5.75 Å². The summed E-state index contributed by atoms with van der Waals surface area (Å²) in [6, 6.07) is 2.04. The fraction of sp³-hybridized carbons (Fsp3) is 0.267. The first-order valence-corrected chi connectivity index (χ1v) is 6.84. The van der Waals surface area contributed by atoms with Gasteiger partial charge in [0.25, 0.3) is 5.91 Å². The lowest BCUT2D eigenvalue weighted by Gasteiger charge is -2.12. The van der Waals surface area contributed by atoms with Gasteiger partial charge in [-0.05, 0) is 12.1 Å². The Morgan fingerprint density at radius 2 is 2.00 bits per heavy atom. The van der Waals surface area contributed by atoms with Gasteiger partial charge >= 0.3 is 0 Å². The van der Waals surface area contributed by atoms with Gasteiger partial charge in [0.15, 0.2) is 17.4 Å². The molecule has 0 fully saturated rings. The van der Waals surface area contributed by atoms with Crippen molar-refractivity contribution in [2.45, 2.75) is 6.54 Å². The number of methoxy groups -OCH3 is 1. The number of carbonyl (C=O) groups excluding carboxylic acids is 1. The monoisotopic (exact) mass is 340 g/mol. The average molecular weight is 340 g/mol. The van der Waals surface area contributed by atoms with E-state index in [0.717, 1.165) is 7.11 Å². The molecule has 0 aliphatic carbocycles. The van der Waals surface area contributed by atoms with Crippen LogP contribution >= 0.6 is 0 Å². The molecule has 1 N–H and O–H groups in total. The molecule has 0 spiro atoms. The van der Waals surface area contributed by atoms with Crippen LogP contribution in [0.3, 0.4) is 0 Å². The fourth-order valence-electron chi connectivity index (χ4n) is 1.89. The molecule has 6 nitrogen and oxygen atoms in total. The van der Waals surface area contributed by atoms with Gasteiger partial charge in [-0.1, -0.05) is 0 Å². The summed E-state index contributed by atoms with van der Waals surface area (Å²) in [5.41, 5.74) is -0.190. The highest BCUT2D eigenvalue weighted by atomic mass is 19.2. The van der Waals surface area contributed by atoms with Gasteiger partial charge in [-0.3, -0.25) is 4.79 Å². The first-order valence-electron chi connectivity index (χ1n) is 6.84. The highest BCUT2D eigenvalue weighted by molar-refractivity contribution is 5.94. The zero-order chi connectivity index (χ0) is 17.9. The number of anilines is 1. The Balaban J connectivity index is 2.19. The molecule has 0 aliphatic heterocycles. The predicted molar refractivity (Wildman–Crippen MR) is 80.4 cm³/mol. The summed E-state index contributed by atoms with van der Waals surface area (Å²) in [6.07, 6.45) is 1.50. The molecule has 0 bridgehead atoms. The van der Waals surface area contributed by atoms with E-state index in [1.807, 2.05) is 0 Å². The van der Waals surface area contributed by atoms with Crippen molar-refractivity contribution in [3.63, 3.8) is 0 Å². The molecule has 1 aromatic carbocycles. The molecule has 2 rings (SSSR count). The Morgan fingerprint density at radius 3 is 2.62 bits per heavy atom. The summed E-state index contributed by atoms with van der Waals surface area (Å²) < 4.78 is 45.3. The predicted octanol–water partition coefficient (Wildman–Crippen LogP) is 1.90. The molecule has 1 aromatic heterocycles. The molecule has 0 saturated heterocycles. The number of nitrogens with zero attached hydrogens (tertiary/aromatic N) is 3. The topological polar surface area (TPSA) is 67.3 Å². The van der Waals surface area contributed by atoms with Crippen LogP contribution in [0.15, 0.2) is 18.3 Å². The summed E-state index contributed by atoms with van der Waals surface area (Å²) in [6.45, 7) is -0.0387. The lowest BCUT2D eigenvalue weighted by molar-refractivity contribution is 0.0944. The van der Waals surface area contributed by atoms with E-state index in [0.29, 0.717) is 17.7 Å². The third-order valence-corrected chi connectivity index (χ3v) is 3.10. The SMILES string of the molecule is COc1c(F)c(F)cc(C(=O)NCc2ccnc(N(C)C)n2)c1F. The average Bonchev–Trinajstić information content (AvgIpc) is 2.56. The zero-order valence-electron chi connectivity index (χ0n) is 13.2. The van der Waals surface area contributed by atoms with Gasteiger partial charge in [0, 0.05) is 20.3 Å². The smallest absolute Gasteiger partial charge is 0.254 e. The molecule has 0 aliphatic rings. The Bertz CT molecular complexity index is 769. The lowest BCUT2D eigenvalue weighted by atomic mass is 10.1. The molecular formula is C15H15F3N4O2. The normalized spacial score (nSPS) is 10.4. The van der Waals surface area contributed by atoms with Crippen LogP contribution in [0.4, 0.5) is 19.1 Å². The molecule has 128 valence electrons. The van der Waals surface area contributed by atoms with Crippen LogP contribution in [0.25, 0.3) is 0 Å². The number of hydrogen-bond acceptors (Lipinski definition) is 5. The van der Waals surface area contributed by atoms with E-state index in [1.165, 1.54) is 6.20 Å². The third kappa shape index (κ3) is 3.55. The van der Waals surface area contributed by atoms with E-state index in [1.54, 1.807) is 25.1 Å². The number of hydrogen-bond donors (Lipinski definition) is 1. The molecule has 0 saturated carbocycles. The second-order valence-electron chi connectivity index (χ2n) is 4.99. The summed E-state index contributed by atoms with van der Waals surface area (Å²) in [5, 5.41) is 2.39. The largest absolute Gasteiger partial charge is 0.491 e. The maximum Gasteiger partial charge on any atom is 0.254 e. The summed E-state index contributed by atoms with van der Waals surface area (Å²) in [5.74, 6) is -5.58. The van der Waals surface area contributed by atoms with E-state index in [2.05, 4.69) is 20.0 Å². The summed E-state index contributed by atoms with van der Waals surface area (Å²) >= 11 is 0. The second kappa shape index (κ2) is 7.16. The minimum Gasteiger partial charge on any atom is -0.491 e. The van der Waals surface area contributed by atoms with Crippen LogP contribution in [0, 0.1) is 17.5 Å². The molecule has 0 radical (unpaired) electrons. The summed E-state index contributed by atoms with van der Waals surface area (Å²) in [4.78, 5) is 21.9. The Kier molecular flexibility index (Phi) is 5.22. The van der Waals surface area contributed by atoms with Gasteiger partial charge in [0.1, 0.15) is 0 Å². The number of nitrogens with one attached hydrogen (secondary N) is 1. The maximum absolute atomic E-state index is 14.0. The van der Waals surface area contributed by atoms with Gasteiger partial charge < -0.3 is 15.0 Å². The molecule has 0 unspecified atom stereocenters. The van der Waals surface area contributed by atoms with Gasteiger partial charge in [-0.2, -0.15) is 4.39 Å². The molecule has 1 heterocycles. The first kappa shape index (κ1) is 17.5. The van der Waals surface area contributed by atoms with Gasteiger partial charge in [0.2, 0.25) is 11.8 Å². The van der Waals surface area contributed by atoms with Crippen molar-refractivity contribution in [2.24, 2.45) is 0 Å². The lowest BCUT2D eigenvalue weighted by Crippen LogP contribution is -2.25. The van der Waals surface area contributed by atoms with Crippen molar-refractivity contribution in [1.82, 2.24) is 15.3 Å². The van der Waals surface area contributed by atoms with Crippen molar-refractivity contribution in [3.05, 3.63) is 47.0 Å². The van der Waals surface area contributed by atoms with Gasteiger partial charge in [0.05, 0.1) is 24.9 Å². The Hall–Kier alpha value is -2.84. The van der Waals surface area contributed by atoms with Gasteiger partial charge in [-0.15, -0.1) is 0 Å². The minimum absolute atomic E-state index is 0.0387.